The van der Waals surface area contributed by atoms with Crippen molar-refractivity contribution in [3.05, 3.63) is 57.8 Å². The molecule has 0 aliphatic carbocycles. The van der Waals surface area contributed by atoms with Crippen molar-refractivity contribution in [2.75, 3.05) is 6.54 Å². The first-order chi connectivity index (χ1) is 12.2. The Balaban J connectivity index is 1.48. The second-order valence-corrected chi connectivity index (χ2v) is 7.00. The third-order valence-electron chi connectivity index (χ3n) is 4.25. The van der Waals surface area contributed by atoms with Crippen LogP contribution in [0.3, 0.4) is 0 Å². The maximum Gasteiger partial charge on any atom is 0.245 e. The Morgan fingerprint density at radius 2 is 2.12 bits per heavy atom. The van der Waals surface area contributed by atoms with Gasteiger partial charge in [-0.25, -0.2) is 0 Å². The second-order valence-electron chi connectivity index (χ2n) is 6.09. The number of carbonyl (C=O) groups excluding carboxylic acids is 2. The molecule has 0 spiro atoms. The number of rotatable bonds is 6. The van der Waals surface area contributed by atoms with Gasteiger partial charge in [0.25, 0.3) is 0 Å². The van der Waals surface area contributed by atoms with Gasteiger partial charge in [-0.05, 0) is 35.4 Å². The van der Waals surface area contributed by atoms with Crippen molar-refractivity contribution in [1.82, 2.24) is 10.2 Å². The zero-order valence-electron chi connectivity index (χ0n) is 13.8. The molecule has 1 aliphatic heterocycles. The quantitative estimate of drug-likeness (QED) is 0.867. The number of amides is 2. The lowest BCUT2D eigenvalue weighted by Crippen LogP contribution is -2.41. The van der Waals surface area contributed by atoms with Crippen LogP contribution in [0.5, 0.6) is 0 Å². The molecule has 1 aliphatic rings. The summed E-state index contributed by atoms with van der Waals surface area (Å²) in [6.45, 7) is 1.12. The number of hydrogen-bond acceptors (Lipinski definition) is 4. The van der Waals surface area contributed by atoms with Crippen LogP contribution < -0.4 is 5.32 Å². The smallest absolute Gasteiger partial charge is 0.245 e. The van der Waals surface area contributed by atoms with Gasteiger partial charge in [0.1, 0.15) is 17.0 Å². The Hall–Kier alpha value is -2.65. The van der Waals surface area contributed by atoms with Gasteiger partial charge in [0.05, 0.1) is 0 Å². The first kappa shape index (κ1) is 17.2. The van der Waals surface area contributed by atoms with Gasteiger partial charge in [-0.15, -0.1) is 11.3 Å². The molecule has 1 fully saturated rings. The highest BCUT2D eigenvalue weighted by Gasteiger charge is 2.32. The summed E-state index contributed by atoms with van der Waals surface area (Å²) in [4.78, 5) is 26.9. The molecule has 0 saturated carbocycles. The van der Waals surface area contributed by atoms with Gasteiger partial charge in [0.2, 0.25) is 11.8 Å². The van der Waals surface area contributed by atoms with Crippen molar-refractivity contribution in [3.63, 3.8) is 0 Å². The number of nitrogens with zero attached hydrogens (tertiary/aromatic N) is 2. The van der Waals surface area contributed by atoms with Crippen LogP contribution in [0, 0.1) is 11.3 Å². The van der Waals surface area contributed by atoms with Gasteiger partial charge >= 0.3 is 0 Å². The van der Waals surface area contributed by atoms with Crippen molar-refractivity contribution >= 4 is 23.2 Å². The van der Waals surface area contributed by atoms with E-state index in [0.717, 1.165) is 11.1 Å². The normalized spacial score (nSPS) is 16.7. The zero-order chi connectivity index (χ0) is 17.6. The van der Waals surface area contributed by atoms with E-state index >= 15 is 0 Å². The number of thiophene rings is 1. The molecule has 1 aromatic heterocycles. The average molecular weight is 353 g/mol. The molecule has 1 saturated heterocycles. The number of nitrogens with one attached hydrogen (secondary N) is 1. The van der Waals surface area contributed by atoms with Crippen LogP contribution in [0.25, 0.3) is 0 Å². The van der Waals surface area contributed by atoms with Crippen LogP contribution >= 0.6 is 11.3 Å². The predicted molar refractivity (Wildman–Crippen MR) is 95.8 cm³/mol. The largest absolute Gasteiger partial charge is 0.344 e. The number of benzene rings is 1. The molecule has 1 aromatic carbocycles. The molecule has 1 N–H and O–H groups in total. The summed E-state index contributed by atoms with van der Waals surface area (Å²) in [6.07, 6.45) is 1.68. The number of aryl methyl sites for hydroxylation is 1. The van der Waals surface area contributed by atoms with Gasteiger partial charge in [-0.1, -0.05) is 30.3 Å². The highest BCUT2D eigenvalue weighted by molar-refractivity contribution is 7.10. The first-order valence-corrected chi connectivity index (χ1v) is 9.13. The van der Waals surface area contributed by atoms with Crippen molar-refractivity contribution in [2.24, 2.45) is 0 Å². The zero-order valence-corrected chi connectivity index (χ0v) is 14.6. The molecular formula is C19H19N3O2S. The standard InChI is InChI=1S/C19H19N3O2S/c20-11-16-10-15(13-25-16)12-22-9-8-17(19(22)24)21-18(23)7-6-14-4-2-1-3-5-14/h1-5,10,13,17H,6-9,12H2,(H,21,23)/t17-/m0/s1. The monoisotopic (exact) mass is 353 g/mol. The molecule has 128 valence electrons. The van der Waals surface area contributed by atoms with E-state index in [9.17, 15) is 9.59 Å². The van der Waals surface area contributed by atoms with Crippen molar-refractivity contribution < 1.29 is 9.59 Å². The second kappa shape index (κ2) is 7.95. The molecule has 0 unspecified atom stereocenters. The number of carbonyl (C=O) groups is 2. The van der Waals surface area contributed by atoms with E-state index in [1.807, 2.05) is 41.8 Å². The van der Waals surface area contributed by atoms with Crippen LogP contribution in [-0.2, 0) is 22.6 Å². The fraction of sp³-hybridized carbons (Fsp3) is 0.316. The van der Waals surface area contributed by atoms with E-state index in [1.165, 1.54) is 11.3 Å². The van der Waals surface area contributed by atoms with E-state index in [1.54, 1.807) is 4.90 Å². The van der Waals surface area contributed by atoms with Gasteiger partial charge in [-0.2, -0.15) is 5.26 Å². The first-order valence-electron chi connectivity index (χ1n) is 8.25. The molecule has 0 radical (unpaired) electrons. The Morgan fingerprint density at radius 1 is 1.32 bits per heavy atom. The Morgan fingerprint density at radius 3 is 2.84 bits per heavy atom. The van der Waals surface area contributed by atoms with Crippen LogP contribution in [0.15, 0.2) is 41.8 Å². The lowest BCUT2D eigenvalue weighted by molar-refractivity contribution is -0.133. The Bertz CT molecular complexity index is 795. The molecular weight excluding hydrogens is 334 g/mol. The molecule has 6 heteroatoms. The molecule has 0 bridgehead atoms. The minimum Gasteiger partial charge on any atom is -0.344 e. The molecule has 25 heavy (non-hydrogen) atoms. The van der Waals surface area contributed by atoms with E-state index in [2.05, 4.69) is 11.4 Å². The topological polar surface area (TPSA) is 73.2 Å². The molecule has 2 aromatic rings. The van der Waals surface area contributed by atoms with Gasteiger partial charge in [0, 0.05) is 19.5 Å². The maximum absolute atomic E-state index is 12.4. The third-order valence-corrected chi connectivity index (χ3v) is 5.14. The molecule has 1 atom stereocenters. The van der Waals surface area contributed by atoms with E-state index < -0.39 is 6.04 Å². The minimum absolute atomic E-state index is 0.0437. The maximum atomic E-state index is 12.4. The summed E-state index contributed by atoms with van der Waals surface area (Å²) in [6, 6.07) is 13.3. The highest BCUT2D eigenvalue weighted by atomic mass is 32.1. The number of likely N-dealkylation sites (tertiary alicyclic amines) is 1. The highest BCUT2D eigenvalue weighted by Crippen LogP contribution is 2.19. The van der Waals surface area contributed by atoms with Crippen LogP contribution in [-0.4, -0.2) is 29.3 Å². The summed E-state index contributed by atoms with van der Waals surface area (Å²) in [5.41, 5.74) is 2.08. The van der Waals surface area contributed by atoms with Crippen LogP contribution in [0.2, 0.25) is 0 Å². The van der Waals surface area contributed by atoms with E-state index in [0.29, 0.717) is 37.2 Å². The fourth-order valence-electron chi connectivity index (χ4n) is 2.94. The van der Waals surface area contributed by atoms with Crippen LogP contribution in [0.4, 0.5) is 0 Å². The predicted octanol–water partition coefficient (Wildman–Crippen LogP) is 2.47. The fourth-order valence-corrected chi connectivity index (χ4v) is 3.63. The minimum atomic E-state index is -0.433. The molecule has 3 rings (SSSR count). The summed E-state index contributed by atoms with van der Waals surface area (Å²) < 4.78 is 0. The lowest BCUT2D eigenvalue weighted by Gasteiger charge is -2.16. The SMILES string of the molecule is N#Cc1cc(CN2CC[C@H](NC(=O)CCc3ccccc3)C2=O)cs1. The van der Waals surface area contributed by atoms with Gasteiger partial charge in [0.15, 0.2) is 0 Å². The molecule has 2 amide bonds. The summed E-state index contributed by atoms with van der Waals surface area (Å²) in [5.74, 6) is -0.135. The molecule has 5 nitrogen and oxygen atoms in total. The Labute approximate surface area is 150 Å². The van der Waals surface area contributed by atoms with Crippen molar-refractivity contribution in [1.29, 1.82) is 5.26 Å². The lowest BCUT2D eigenvalue weighted by atomic mass is 10.1. The summed E-state index contributed by atoms with van der Waals surface area (Å²) in [7, 11) is 0. The number of nitriles is 1. The van der Waals surface area contributed by atoms with E-state index in [4.69, 9.17) is 5.26 Å². The van der Waals surface area contributed by atoms with E-state index in [-0.39, 0.29) is 11.8 Å². The van der Waals surface area contributed by atoms with Gasteiger partial charge < -0.3 is 10.2 Å². The summed E-state index contributed by atoms with van der Waals surface area (Å²) >= 11 is 1.38. The van der Waals surface area contributed by atoms with Crippen LogP contribution in [0.1, 0.15) is 28.8 Å². The summed E-state index contributed by atoms with van der Waals surface area (Å²) in [5, 5.41) is 13.6. The number of hydrogen-bond donors (Lipinski definition) is 1. The molecule has 2 heterocycles. The third kappa shape index (κ3) is 4.46. The Kier molecular flexibility index (Phi) is 5.46. The van der Waals surface area contributed by atoms with Gasteiger partial charge in [-0.3, -0.25) is 9.59 Å². The average Bonchev–Trinajstić information content (AvgIpc) is 3.23. The van der Waals surface area contributed by atoms with Crippen molar-refractivity contribution in [2.45, 2.75) is 31.8 Å². The van der Waals surface area contributed by atoms with Crippen molar-refractivity contribution in [3.8, 4) is 6.07 Å².